The van der Waals surface area contributed by atoms with Gasteiger partial charge in [-0.1, -0.05) is 28.0 Å². The first-order valence-electron chi connectivity index (χ1n) is 10.7. The molecule has 5 rings (SSSR count). The molecule has 2 aliphatic rings. The Kier molecular flexibility index (Phi) is 5.52. The van der Waals surface area contributed by atoms with Crippen molar-refractivity contribution >= 4 is 29.1 Å². The summed E-state index contributed by atoms with van der Waals surface area (Å²) in [5, 5.41) is 13.9. The topological polar surface area (TPSA) is 113 Å². The van der Waals surface area contributed by atoms with E-state index in [-0.39, 0.29) is 18.5 Å². The number of anilines is 1. The van der Waals surface area contributed by atoms with Crippen LogP contribution >= 0.6 is 11.6 Å². The van der Waals surface area contributed by atoms with Gasteiger partial charge in [-0.15, -0.1) is 0 Å². The van der Waals surface area contributed by atoms with Crippen molar-refractivity contribution in [2.24, 2.45) is 10.3 Å². The number of hydrogen-bond acceptors (Lipinski definition) is 9. The van der Waals surface area contributed by atoms with E-state index >= 15 is 0 Å². The summed E-state index contributed by atoms with van der Waals surface area (Å²) in [6.07, 6.45) is 0.0742. The molecular formula is C23H21ClN6O4. The molecule has 2 aromatic carbocycles. The summed E-state index contributed by atoms with van der Waals surface area (Å²) in [7, 11) is 0. The lowest BCUT2D eigenvalue weighted by molar-refractivity contribution is -0.123. The van der Waals surface area contributed by atoms with Crippen LogP contribution in [0.2, 0.25) is 5.02 Å². The molecule has 34 heavy (non-hydrogen) atoms. The van der Waals surface area contributed by atoms with Gasteiger partial charge in [-0.2, -0.15) is 10.1 Å². The highest BCUT2D eigenvalue weighted by Crippen LogP contribution is 2.34. The molecular weight excluding hydrogens is 460 g/mol. The highest BCUT2D eigenvalue weighted by Gasteiger charge is 2.55. The van der Waals surface area contributed by atoms with E-state index in [0.717, 1.165) is 21.8 Å². The van der Waals surface area contributed by atoms with Crippen molar-refractivity contribution in [1.82, 2.24) is 15.1 Å². The Hall–Kier alpha value is -3.79. The number of aryl methyl sites for hydroxylation is 1. The van der Waals surface area contributed by atoms with Crippen LogP contribution in [0.25, 0.3) is 11.4 Å². The fourth-order valence-electron chi connectivity index (χ4n) is 3.86. The predicted octanol–water partition coefficient (Wildman–Crippen LogP) is 3.98. The van der Waals surface area contributed by atoms with E-state index in [1.54, 1.807) is 18.2 Å². The number of aromatic nitrogens is 2. The largest absolute Gasteiger partial charge is 0.491 e. The van der Waals surface area contributed by atoms with Crippen LogP contribution < -0.4 is 9.64 Å². The van der Waals surface area contributed by atoms with Gasteiger partial charge in [0, 0.05) is 10.6 Å². The van der Waals surface area contributed by atoms with Crippen molar-refractivity contribution in [3.63, 3.8) is 0 Å². The average Bonchev–Trinajstić information content (AvgIpc) is 3.49. The third-order valence-corrected chi connectivity index (χ3v) is 5.93. The molecule has 1 aromatic heterocycles. The Morgan fingerprint density at radius 1 is 1.12 bits per heavy atom. The maximum Gasteiger partial charge on any atom is 0.263 e. The van der Waals surface area contributed by atoms with E-state index in [0.29, 0.717) is 16.5 Å². The molecule has 1 saturated heterocycles. The van der Waals surface area contributed by atoms with Crippen molar-refractivity contribution in [2.75, 3.05) is 4.90 Å². The zero-order valence-electron chi connectivity index (χ0n) is 18.7. The van der Waals surface area contributed by atoms with Crippen LogP contribution in [0.3, 0.4) is 0 Å². The summed E-state index contributed by atoms with van der Waals surface area (Å²) in [6.45, 7) is 5.79. The van der Waals surface area contributed by atoms with Gasteiger partial charge in [-0.3, -0.25) is 14.6 Å². The molecule has 174 valence electrons. The fraction of sp³-hybridized carbons (Fsp3) is 0.304. The number of rotatable bonds is 6. The van der Waals surface area contributed by atoms with E-state index < -0.39 is 23.9 Å². The number of nitrogens with zero attached hydrogens (tertiary/aromatic N) is 6. The van der Waals surface area contributed by atoms with Crippen LogP contribution in [0, 0.1) is 6.92 Å². The molecule has 0 N–H and O–H groups in total. The molecule has 11 heteroatoms. The minimum absolute atomic E-state index is 0.0354. The van der Waals surface area contributed by atoms with Gasteiger partial charge in [0.2, 0.25) is 11.7 Å². The quantitative estimate of drug-likeness (QED) is 0.490. The van der Waals surface area contributed by atoms with Crippen LogP contribution in [0.5, 0.6) is 5.75 Å². The highest BCUT2D eigenvalue weighted by molar-refractivity contribution is 6.32. The van der Waals surface area contributed by atoms with E-state index in [1.165, 1.54) is 5.01 Å². The van der Waals surface area contributed by atoms with Gasteiger partial charge in [0.1, 0.15) is 12.3 Å². The molecule has 2 aliphatic heterocycles. The summed E-state index contributed by atoms with van der Waals surface area (Å²) >= 11 is 6.19. The molecule has 0 saturated carbocycles. The molecule has 0 bridgehead atoms. The average molecular weight is 481 g/mol. The molecule has 2 amide bonds. The Morgan fingerprint density at radius 2 is 1.88 bits per heavy atom. The Labute approximate surface area is 200 Å². The monoisotopic (exact) mass is 480 g/mol. The standard InChI is InChI=1S/C23H21ClN6O4/c1-12(2)33-16-8-5-14(6-9-16)21-25-18(34-27-21)11-29-20-19(26-28-29)22(31)30(23(20)32)15-7-4-13(3)17(24)10-15/h4-10,12,19-20H,11H2,1-3H3/t19-,20-/m0/s1. The molecule has 0 unspecified atom stereocenters. The lowest BCUT2D eigenvalue weighted by Crippen LogP contribution is -2.39. The lowest BCUT2D eigenvalue weighted by Gasteiger charge is -2.19. The summed E-state index contributed by atoms with van der Waals surface area (Å²) in [5.41, 5.74) is 2.00. The summed E-state index contributed by atoms with van der Waals surface area (Å²) < 4.78 is 11.0. The Balaban J connectivity index is 1.31. The van der Waals surface area contributed by atoms with E-state index in [2.05, 4.69) is 20.5 Å². The second-order valence-electron chi connectivity index (χ2n) is 8.34. The molecule has 0 radical (unpaired) electrons. The fourth-order valence-corrected chi connectivity index (χ4v) is 4.03. The van der Waals surface area contributed by atoms with Crippen LogP contribution in [0.15, 0.2) is 57.3 Å². The summed E-state index contributed by atoms with van der Waals surface area (Å²) in [4.78, 5) is 31.6. The molecule has 3 heterocycles. The van der Waals surface area contributed by atoms with Gasteiger partial charge < -0.3 is 9.26 Å². The number of fused-ring (bicyclic) bond motifs is 1. The number of imide groups is 1. The first kappa shape index (κ1) is 22.0. The number of hydrogen-bond donors (Lipinski definition) is 0. The third-order valence-electron chi connectivity index (χ3n) is 5.52. The first-order valence-corrected chi connectivity index (χ1v) is 11.1. The maximum absolute atomic E-state index is 13.2. The first-order chi connectivity index (χ1) is 16.3. The van der Waals surface area contributed by atoms with Crippen molar-refractivity contribution in [1.29, 1.82) is 0 Å². The van der Waals surface area contributed by atoms with Gasteiger partial charge in [-0.05, 0) is 62.7 Å². The highest BCUT2D eigenvalue weighted by atomic mass is 35.5. The zero-order chi connectivity index (χ0) is 24.0. The van der Waals surface area contributed by atoms with Crippen molar-refractivity contribution < 1.29 is 18.8 Å². The second-order valence-corrected chi connectivity index (χ2v) is 8.75. The molecule has 10 nitrogen and oxygen atoms in total. The van der Waals surface area contributed by atoms with E-state index in [1.807, 2.05) is 45.0 Å². The van der Waals surface area contributed by atoms with E-state index in [9.17, 15) is 9.59 Å². The smallest absolute Gasteiger partial charge is 0.263 e. The second kappa shape index (κ2) is 8.53. The minimum Gasteiger partial charge on any atom is -0.491 e. The van der Waals surface area contributed by atoms with Crippen LogP contribution in [-0.4, -0.2) is 45.2 Å². The molecule has 2 atom stereocenters. The molecule has 3 aromatic rings. The SMILES string of the molecule is Cc1ccc(N2C(=O)[C@H]3N=NN(Cc4nc(-c5ccc(OC(C)C)cc5)no4)[C@@H]3C2=O)cc1Cl. The van der Waals surface area contributed by atoms with Crippen LogP contribution in [0.4, 0.5) is 5.69 Å². The lowest BCUT2D eigenvalue weighted by atomic mass is 10.1. The zero-order valence-corrected chi connectivity index (χ0v) is 19.4. The van der Waals surface area contributed by atoms with Crippen LogP contribution in [0.1, 0.15) is 25.3 Å². The van der Waals surface area contributed by atoms with Gasteiger partial charge in [0.25, 0.3) is 11.8 Å². The van der Waals surface area contributed by atoms with Gasteiger partial charge in [0.15, 0.2) is 12.1 Å². The normalized spacial score (nSPS) is 19.4. The molecule has 0 spiro atoms. The number of halogens is 1. The molecule has 1 fully saturated rings. The number of amides is 2. The predicted molar refractivity (Wildman–Crippen MR) is 122 cm³/mol. The number of carbonyl (C=O) groups excluding carboxylic acids is 2. The van der Waals surface area contributed by atoms with E-state index in [4.69, 9.17) is 20.9 Å². The van der Waals surface area contributed by atoms with Crippen LogP contribution in [-0.2, 0) is 16.1 Å². The minimum atomic E-state index is -0.927. The summed E-state index contributed by atoms with van der Waals surface area (Å²) in [6, 6.07) is 10.6. The number of carbonyl (C=O) groups is 2. The Morgan fingerprint density at radius 3 is 2.59 bits per heavy atom. The third kappa shape index (κ3) is 3.90. The number of benzene rings is 2. The van der Waals surface area contributed by atoms with Gasteiger partial charge >= 0.3 is 0 Å². The number of ether oxygens (including phenoxy) is 1. The van der Waals surface area contributed by atoms with Gasteiger partial charge in [-0.25, -0.2) is 4.90 Å². The van der Waals surface area contributed by atoms with Crippen molar-refractivity contribution in [2.45, 2.75) is 45.5 Å². The van der Waals surface area contributed by atoms with Crippen molar-refractivity contribution in [3.05, 3.63) is 58.9 Å². The maximum atomic E-state index is 13.2. The molecule has 0 aliphatic carbocycles. The summed E-state index contributed by atoms with van der Waals surface area (Å²) in [5.74, 6) is 0.504. The van der Waals surface area contributed by atoms with Crippen molar-refractivity contribution in [3.8, 4) is 17.1 Å². The van der Waals surface area contributed by atoms with Gasteiger partial charge in [0.05, 0.1) is 11.8 Å². The Bertz CT molecular complexity index is 1290.